The first-order chi connectivity index (χ1) is 9.08. The van der Waals surface area contributed by atoms with E-state index in [2.05, 4.69) is 14.9 Å². The number of aryl methyl sites for hydroxylation is 1. The zero-order valence-electron chi connectivity index (χ0n) is 11.5. The molecule has 0 spiro atoms. The molecule has 1 aromatic rings. The highest BCUT2D eigenvalue weighted by Crippen LogP contribution is 2.25. The van der Waals surface area contributed by atoms with Crippen LogP contribution in [0.4, 0.5) is 0 Å². The second kappa shape index (κ2) is 4.63. The van der Waals surface area contributed by atoms with E-state index in [0.717, 1.165) is 25.7 Å². The molecule has 0 bridgehead atoms. The summed E-state index contributed by atoms with van der Waals surface area (Å²) in [5.74, 6) is -0.280. The molecule has 0 aromatic carbocycles. The number of amides is 1. The van der Waals surface area contributed by atoms with Gasteiger partial charge in [0.05, 0.1) is 18.6 Å². The van der Waals surface area contributed by atoms with Crippen LogP contribution in [-0.2, 0) is 24.2 Å². The lowest BCUT2D eigenvalue weighted by Gasteiger charge is -2.29. The Labute approximate surface area is 113 Å². The van der Waals surface area contributed by atoms with Crippen molar-refractivity contribution in [1.29, 1.82) is 0 Å². The van der Waals surface area contributed by atoms with Crippen molar-refractivity contribution in [3.63, 3.8) is 0 Å². The van der Waals surface area contributed by atoms with Gasteiger partial charge in [-0.25, -0.2) is 4.98 Å². The number of rotatable bonds is 5. The summed E-state index contributed by atoms with van der Waals surface area (Å²) in [5, 5.41) is 3.39. The van der Waals surface area contributed by atoms with Crippen molar-refractivity contribution < 1.29 is 4.79 Å². The molecule has 3 rings (SSSR count). The number of primary amides is 1. The third kappa shape index (κ3) is 2.52. The van der Waals surface area contributed by atoms with Gasteiger partial charge in [0.2, 0.25) is 5.91 Å². The Balaban J connectivity index is 1.81. The maximum atomic E-state index is 11.8. The third-order valence-electron chi connectivity index (χ3n) is 4.24. The maximum Gasteiger partial charge on any atom is 0.239 e. The summed E-state index contributed by atoms with van der Waals surface area (Å²) in [6.45, 7) is 2.49. The first-order valence-electron chi connectivity index (χ1n) is 7.19. The molecule has 1 aromatic heterocycles. The Morgan fingerprint density at radius 2 is 2.26 bits per heavy atom. The molecular weight excluding hydrogens is 240 g/mol. The number of hydrogen-bond acceptors (Lipinski definition) is 3. The van der Waals surface area contributed by atoms with Crippen LogP contribution in [0.15, 0.2) is 6.33 Å². The number of hydrogen-bond donors (Lipinski definition) is 2. The number of carbonyl (C=O) groups excluding carboxylic acids is 1. The molecule has 1 atom stereocenters. The van der Waals surface area contributed by atoms with Gasteiger partial charge in [-0.15, -0.1) is 0 Å². The molecule has 1 fully saturated rings. The van der Waals surface area contributed by atoms with Crippen molar-refractivity contribution in [2.24, 2.45) is 5.73 Å². The Kier molecular flexibility index (Phi) is 3.09. The van der Waals surface area contributed by atoms with E-state index >= 15 is 0 Å². The maximum absolute atomic E-state index is 11.8. The van der Waals surface area contributed by atoms with E-state index in [0.29, 0.717) is 12.6 Å². The lowest BCUT2D eigenvalue weighted by atomic mass is 9.98. The summed E-state index contributed by atoms with van der Waals surface area (Å²) in [7, 11) is 0. The molecule has 19 heavy (non-hydrogen) atoms. The first-order valence-corrected chi connectivity index (χ1v) is 7.19. The van der Waals surface area contributed by atoms with Crippen LogP contribution in [0.5, 0.6) is 0 Å². The van der Waals surface area contributed by atoms with Gasteiger partial charge in [0, 0.05) is 11.7 Å². The van der Waals surface area contributed by atoms with Gasteiger partial charge in [-0.05, 0) is 45.4 Å². The molecule has 0 radical (unpaired) electrons. The number of carbonyl (C=O) groups is 1. The predicted octanol–water partition coefficient (Wildman–Crippen LogP) is 0.758. The molecule has 2 aliphatic carbocycles. The highest BCUT2D eigenvalue weighted by atomic mass is 16.1. The lowest BCUT2D eigenvalue weighted by molar-refractivity contribution is -0.124. The zero-order valence-corrected chi connectivity index (χ0v) is 11.5. The normalized spacial score (nSPS) is 21.7. The molecule has 0 aliphatic heterocycles. The van der Waals surface area contributed by atoms with Gasteiger partial charge in [-0.2, -0.15) is 0 Å². The number of nitrogens with one attached hydrogen (secondary N) is 1. The smallest absolute Gasteiger partial charge is 0.239 e. The van der Waals surface area contributed by atoms with Crippen molar-refractivity contribution in [3.05, 3.63) is 17.7 Å². The van der Waals surface area contributed by atoms with Crippen LogP contribution in [0.2, 0.25) is 0 Å². The number of imidazole rings is 1. The van der Waals surface area contributed by atoms with Crippen molar-refractivity contribution >= 4 is 5.91 Å². The van der Waals surface area contributed by atoms with E-state index in [9.17, 15) is 4.79 Å². The fourth-order valence-corrected chi connectivity index (χ4v) is 2.88. The molecule has 3 N–H and O–H groups in total. The van der Waals surface area contributed by atoms with Gasteiger partial charge >= 0.3 is 0 Å². The van der Waals surface area contributed by atoms with Crippen molar-refractivity contribution in [3.8, 4) is 0 Å². The monoisotopic (exact) mass is 262 g/mol. The molecular formula is C14H22N4O. The topological polar surface area (TPSA) is 72.9 Å². The third-order valence-corrected chi connectivity index (χ3v) is 4.24. The van der Waals surface area contributed by atoms with E-state index in [1.54, 1.807) is 0 Å². The van der Waals surface area contributed by atoms with Gasteiger partial charge in [0.15, 0.2) is 0 Å². The fraction of sp³-hybridized carbons (Fsp3) is 0.714. The molecule has 1 heterocycles. The van der Waals surface area contributed by atoms with Crippen LogP contribution < -0.4 is 11.1 Å². The molecule has 1 amide bonds. The minimum Gasteiger partial charge on any atom is -0.368 e. The molecule has 1 saturated carbocycles. The molecule has 1 unspecified atom stereocenters. The highest BCUT2D eigenvalue weighted by Gasteiger charge is 2.38. The van der Waals surface area contributed by atoms with E-state index in [-0.39, 0.29) is 5.91 Å². The Morgan fingerprint density at radius 3 is 2.95 bits per heavy atom. The van der Waals surface area contributed by atoms with Gasteiger partial charge in [0.1, 0.15) is 5.54 Å². The number of fused-ring (bicyclic) bond motifs is 1. The largest absolute Gasteiger partial charge is 0.368 e. The van der Waals surface area contributed by atoms with Crippen LogP contribution in [0, 0.1) is 0 Å². The van der Waals surface area contributed by atoms with Crippen LogP contribution in [0.25, 0.3) is 0 Å². The SMILES string of the molecule is CC(Cn1cnc2c1CCCC2)(NC1CC1)C(N)=O. The van der Waals surface area contributed by atoms with E-state index in [1.165, 1.54) is 24.2 Å². The zero-order chi connectivity index (χ0) is 13.5. The molecule has 5 heteroatoms. The van der Waals surface area contributed by atoms with Gasteiger partial charge < -0.3 is 10.3 Å². The van der Waals surface area contributed by atoms with Gasteiger partial charge in [-0.1, -0.05) is 0 Å². The summed E-state index contributed by atoms with van der Waals surface area (Å²) in [6.07, 6.45) is 8.71. The average Bonchev–Trinajstić information content (AvgIpc) is 3.10. The molecule has 0 saturated heterocycles. The van der Waals surface area contributed by atoms with E-state index in [1.807, 2.05) is 13.3 Å². The number of nitrogens with two attached hydrogens (primary N) is 1. The molecule has 5 nitrogen and oxygen atoms in total. The van der Waals surface area contributed by atoms with E-state index in [4.69, 9.17) is 5.73 Å². The van der Waals surface area contributed by atoms with Crippen molar-refractivity contribution in [2.75, 3.05) is 0 Å². The van der Waals surface area contributed by atoms with Crippen molar-refractivity contribution in [1.82, 2.24) is 14.9 Å². The summed E-state index contributed by atoms with van der Waals surface area (Å²) in [4.78, 5) is 16.3. The minimum atomic E-state index is -0.674. The van der Waals surface area contributed by atoms with Gasteiger partial charge in [0.25, 0.3) is 0 Å². The summed E-state index contributed by atoms with van der Waals surface area (Å²) >= 11 is 0. The fourth-order valence-electron chi connectivity index (χ4n) is 2.88. The Morgan fingerprint density at radius 1 is 1.53 bits per heavy atom. The number of nitrogens with zero attached hydrogens (tertiary/aromatic N) is 2. The van der Waals surface area contributed by atoms with Crippen molar-refractivity contribution in [2.45, 2.75) is 63.6 Å². The molecule has 104 valence electrons. The Bertz CT molecular complexity index is 492. The van der Waals surface area contributed by atoms with Crippen LogP contribution in [0.1, 0.15) is 44.0 Å². The minimum absolute atomic E-state index is 0.280. The lowest BCUT2D eigenvalue weighted by Crippen LogP contribution is -2.56. The summed E-state index contributed by atoms with van der Waals surface area (Å²) in [6, 6.07) is 0.455. The quantitative estimate of drug-likeness (QED) is 0.822. The summed E-state index contributed by atoms with van der Waals surface area (Å²) in [5.41, 5.74) is 7.42. The standard InChI is InChI=1S/C14H22N4O/c1-14(13(15)19,17-10-6-7-10)8-18-9-16-11-4-2-3-5-12(11)18/h9-10,17H,2-8H2,1H3,(H2,15,19). The van der Waals surface area contributed by atoms with Crippen LogP contribution in [-0.4, -0.2) is 27.0 Å². The Hall–Kier alpha value is -1.36. The molecule has 2 aliphatic rings. The second-order valence-electron chi connectivity index (χ2n) is 6.09. The summed E-state index contributed by atoms with van der Waals surface area (Å²) < 4.78 is 2.12. The van der Waals surface area contributed by atoms with Gasteiger partial charge in [-0.3, -0.25) is 10.1 Å². The highest BCUT2D eigenvalue weighted by molar-refractivity contribution is 5.84. The van der Waals surface area contributed by atoms with Crippen LogP contribution in [0.3, 0.4) is 0 Å². The number of aromatic nitrogens is 2. The van der Waals surface area contributed by atoms with E-state index < -0.39 is 5.54 Å². The predicted molar refractivity (Wildman–Crippen MR) is 72.6 cm³/mol. The first kappa shape index (κ1) is 12.7. The van der Waals surface area contributed by atoms with Crippen LogP contribution >= 0.6 is 0 Å². The average molecular weight is 262 g/mol. The second-order valence-corrected chi connectivity index (χ2v) is 6.09.